The highest BCUT2D eigenvalue weighted by Gasteiger charge is 2.19. The molecule has 0 aliphatic carbocycles. The molecule has 1 aliphatic rings. The van der Waals surface area contributed by atoms with Crippen LogP contribution in [-0.2, 0) is 17.6 Å². The number of aromatic nitrogens is 2. The normalized spacial score (nSPS) is 13.9. The third-order valence-electron chi connectivity index (χ3n) is 8.23. The van der Waals surface area contributed by atoms with Crippen molar-refractivity contribution in [3.8, 4) is 6.07 Å². The molecule has 0 bridgehead atoms. The van der Waals surface area contributed by atoms with E-state index in [1.807, 2.05) is 52.8 Å². The summed E-state index contributed by atoms with van der Waals surface area (Å²) < 4.78 is 33.7. The fourth-order valence-corrected chi connectivity index (χ4v) is 5.64. The molecule has 0 unspecified atom stereocenters. The molecule has 278 valence electrons. The number of amidine groups is 1. The zero-order valence-corrected chi connectivity index (χ0v) is 32.3. The summed E-state index contributed by atoms with van der Waals surface area (Å²) in [7, 11) is 0. The smallest absolute Gasteiger partial charge is 0.151 e. The number of nitrogens with two attached hydrogens (primary N) is 1. The van der Waals surface area contributed by atoms with Gasteiger partial charge in [-0.25, -0.2) is 23.7 Å². The van der Waals surface area contributed by atoms with E-state index < -0.39 is 5.82 Å². The molecule has 1 saturated heterocycles. The number of benzene rings is 1. The number of aryl methyl sites for hydroxylation is 3. The van der Waals surface area contributed by atoms with Crippen LogP contribution in [0.2, 0.25) is 5.02 Å². The molecule has 51 heavy (non-hydrogen) atoms. The molecular formula is C40H56ClF2N7O. The average molecular weight is 724 g/mol. The van der Waals surface area contributed by atoms with Gasteiger partial charge in [0.15, 0.2) is 5.82 Å². The second-order valence-corrected chi connectivity index (χ2v) is 12.3. The number of aliphatic imine (C=N–C) groups is 1. The summed E-state index contributed by atoms with van der Waals surface area (Å²) in [6.45, 7) is 20.3. The van der Waals surface area contributed by atoms with Crippen LogP contribution in [0.3, 0.4) is 0 Å². The number of rotatable bonds is 13. The Morgan fingerprint density at radius 3 is 2.41 bits per heavy atom. The Bertz CT molecular complexity index is 1660. The summed E-state index contributed by atoms with van der Waals surface area (Å²) in [5.74, 6) is 0.255. The molecule has 8 nitrogen and oxygen atoms in total. The van der Waals surface area contributed by atoms with Crippen molar-refractivity contribution in [2.75, 3.05) is 52.5 Å². The summed E-state index contributed by atoms with van der Waals surface area (Å²) in [6.07, 6.45) is 9.86. The summed E-state index contributed by atoms with van der Waals surface area (Å²) in [6, 6.07) is 7.82. The molecule has 0 atom stereocenters. The zero-order valence-electron chi connectivity index (χ0n) is 31.5. The van der Waals surface area contributed by atoms with E-state index in [4.69, 9.17) is 37.3 Å². The van der Waals surface area contributed by atoms with Crippen LogP contribution in [0.15, 0.2) is 47.6 Å². The summed E-state index contributed by atoms with van der Waals surface area (Å²) in [5, 5.41) is 9.08. The molecule has 1 aliphatic heterocycles. The lowest BCUT2D eigenvalue weighted by Gasteiger charge is -2.35. The van der Waals surface area contributed by atoms with Gasteiger partial charge in [-0.2, -0.15) is 5.26 Å². The van der Waals surface area contributed by atoms with E-state index in [0.717, 1.165) is 69.8 Å². The predicted octanol–water partition coefficient (Wildman–Crippen LogP) is 8.68. The highest BCUT2D eigenvalue weighted by molar-refractivity contribution is 6.32. The van der Waals surface area contributed by atoms with Crippen molar-refractivity contribution < 1.29 is 13.5 Å². The van der Waals surface area contributed by atoms with Gasteiger partial charge in [-0.1, -0.05) is 71.2 Å². The van der Waals surface area contributed by atoms with E-state index in [2.05, 4.69) is 28.6 Å². The fraction of sp³-hybridized carbons (Fsp3) is 0.500. The van der Waals surface area contributed by atoms with Crippen molar-refractivity contribution in [2.24, 2.45) is 10.7 Å². The van der Waals surface area contributed by atoms with E-state index in [1.165, 1.54) is 18.2 Å². The summed E-state index contributed by atoms with van der Waals surface area (Å²) in [5.41, 5.74) is 10.3. The first kappa shape index (κ1) is 43.4. The van der Waals surface area contributed by atoms with Crippen molar-refractivity contribution in [2.45, 2.75) is 80.6 Å². The number of allylic oxidation sites excluding steroid dienone is 3. The van der Waals surface area contributed by atoms with Crippen LogP contribution >= 0.6 is 11.6 Å². The van der Waals surface area contributed by atoms with Crippen molar-refractivity contribution >= 4 is 34.0 Å². The molecule has 11 heteroatoms. The van der Waals surface area contributed by atoms with Gasteiger partial charge in [-0.05, 0) is 56.9 Å². The van der Waals surface area contributed by atoms with Crippen LogP contribution in [0, 0.1) is 29.9 Å². The van der Waals surface area contributed by atoms with Gasteiger partial charge < -0.3 is 15.4 Å². The second-order valence-electron chi connectivity index (χ2n) is 11.9. The van der Waals surface area contributed by atoms with E-state index in [1.54, 1.807) is 12.3 Å². The van der Waals surface area contributed by atoms with Gasteiger partial charge in [-0.3, -0.25) is 4.90 Å². The number of pyridine rings is 2. The molecule has 1 aromatic carbocycles. The van der Waals surface area contributed by atoms with Crippen LogP contribution in [0.4, 0.5) is 8.78 Å². The number of ether oxygens (including phenoxy) is 1. The van der Waals surface area contributed by atoms with Crippen LogP contribution < -0.4 is 5.73 Å². The lowest BCUT2D eigenvalue weighted by Crippen LogP contribution is -2.48. The molecule has 0 radical (unpaired) electrons. The number of unbranched alkanes of at least 4 members (excludes halogenated alkanes) is 1. The maximum Gasteiger partial charge on any atom is 0.151 e. The maximum absolute atomic E-state index is 15.4. The second kappa shape index (κ2) is 23.7. The topological polar surface area (TPSA) is 104 Å². The number of hydrogen-bond acceptors (Lipinski definition) is 7. The largest absolute Gasteiger partial charge is 0.379 e. The lowest BCUT2D eigenvalue weighted by molar-refractivity contribution is 0.0929. The first-order valence-electron chi connectivity index (χ1n) is 18.2. The van der Waals surface area contributed by atoms with Gasteiger partial charge in [0.1, 0.15) is 17.3 Å². The minimum Gasteiger partial charge on any atom is -0.379 e. The minimum atomic E-state index is -0.417. The predicted molar refractivity (Wildman–Crippen MR) is 208 cm³/mol. The standard InChI is InChI=1S/C29H42ClFN6O.C9H8FN.C2H6/c1-5-7-8-10-23(20-33-22(4)37-14-12-36(13-15-37)16-18-38-17-11-32)28-25(31)19-26-29(35-28)24(9-6-2)27(30)21(3)34-26;1-2-8-5-7(6-11)3-4-9(8)10;1-2/h8,10,19-20H,5-7,9,11-18,32H2,1-4H3;3-5H,2H2,1H3;1-2H3/b10-8+,23-20+,33-22?;;. The summed E-state index contributed by atoms with van der Waals surface area (Å²) in [4.78, 5) is 18.7. The minimum absolute atomic E-state index is 0.230. The van der Waals surface area contributed by atoms with Crippen molar-refractivity contribution in [3.05, 3.63) is 87.4 Å². The maximum atomic E-state index is 15.4. The van der Waals surface area contributed by atoms with E-state index >= 15 is 4.39 Å². The van der Waals surface area contributed by atoms with E-state index in [0.29, 0.717) is 64.6 Å². The Labute approximate surface area is 309 Å². The van der Waals surface area contributed by atoms with E-state index in [-0.39, 0.29) is 11.5 Å². The van der Waals surface area contributed by atoms with Crippen molar-refractivity contribution in [1.82, 2.24) is 19.8 Å². The number of nitriles is 1. The van der Waals surface area contributed by atoms with Gasteiger partial charge in [0.05, 0.1) is 46.6 Å². The first-order valence-corrected chi connectivity index (χ1v) is 18.5. The molecule has 2 N–H and O–H groups in total. The van der Waals surface area contributed by atoms with Gasteiger partial charge in [0, 0.05) is 62.7 Å². The third kappa shape index (κ3) is 13.4. The molecule has 4 rings (SSSR count). The van der Waals surface area contributed by atoms with Crippen molar-refractivity contribution in [3.63, 3.8) is 0 Å². The Morgan fingerprint density at radius 2 is 1.78 bits per heavy atom. The molecule has 0 amide bonds. The summed E-state index contributed by atoms with van der Waals surface area (Å²) >= 11 is 6.60. The fourth-order valence-electron chi connectivity index (χ4n) is 5.41. The van der Waals surface area contributed by atoms with Crippen LogP contribution in [0.5, 0.6) is 0 Å². The Kier molecular flexibility index (Phi) is 20.2. The van der Waals surface area contributed by atoms with Gasteiger partial charge in [0.2, 0.25) is 0 Å². The zero-order chi connectivity index (χ0) is 37.8. The van der Waals surface area contributed by atoms with Crippen LogP contribution in [-0.4, -0.2) is 78.1 Å². The van der Waals surface area contributed by atoms with Crippen molar-refractivity contribution in [1.29, 1.82) is 5.26 Å². The van der Waals surface area contributed by atoms with E-state index in [9.17, 15) is 4.39 Å². The number of nitrogens with zero attached hydrogens (tertiary/aromatic N) is 6. The molecule has 3 aromatic rings. The molecule has 3 heterocycles. The lowest BCUT2D eigenvalue weighted by atomic mass is 10.1. The molecular weight excluding hydrogens is 668 g/mol. The average Bonchev–Trinajstić information content (AvgIpc) is 3.15. The Balaban J connectivity index is 0.000000585. The van der Waals surface area contributed by atoms with Gasteiger partial charge in [0.25, 0.3) is 0 Å². The Morgan fingerprint density at radius 1 is 1.06 bits per heavy atom. The highest BCUT2D eigenvalue weighted by atomic mass is 35.5. The molecule has 0 saturated carbocycles. The Hall–Kier alpha value is -3.75. The quantitative estimate of drug-likeness (QED) is 0.0815. The molecule has 0 spiro atoms. The number of fused-ring (bicyclic) bond motifs is 1. The van der Waals surface area contributed by atoms with Gasteiger partial charge >= 0.3 is 0 Å². The monoisotopic (exact) mass is 723 g/mol. The number of halogens is 3. The van der Waals surface area contributed by atoms with Gasteiger partial charge in [-0.15, -0.1) is 0 Å². The molecule has 1 fully saturated rings. The first-order chi connectivity index (χ1) is 24.7. The van der Waals surface area contributed by atoms with Crippen LogP contribution in [0.1, 0.15) is 88.9 Å². The number of piperazine rings is 1. The number of hydrogen-bond donors (Lipinski definition) is 1. The van der Waals surface area contributed by atoms with Crippen LogP contribution in [0.25, 0.3) is 16.6 Å². The highest BCUT2D eigenvalue weighted by Crippen LogP contribution is 2.30. The third-order valence-corrected chi connectivity index (χ3v) is 8.73. The SMILES string of the molecule is CC.CCC/C=C/C(=C\N=C(C)N1CCN(CCOCCN)CC1)c1nc2c(CCC)c(Cl)c(C)nc2cc1F.CCc1cc(C#N)ccc1F. The molecule has 2 aromatic heterocycles.